The molecule has 0 radical (unpaired) electrons. The number of carbonyl (C=O) groups is 1. The van der Waals surface area contributed by atoms with Crippen molar-refractivity contribution in [1.29, 1.82) is 0 Å². The van der Waals surface area contributed by atoms with Crippen LogP contribution in [0, 0.1) is 5.92 Å². The number of carbonyl (C=O) groups excluding carboxylic acids is 1. The van der Waals surface area contributed by atoms with Crippen LogP contribution in [0.15, 0.2) is 36.7 Å². The lowest BCUT2D eigenvalue weighted by Gasteiger charge is -2.36. The van der Waals surface area contributed by atoms with Crippen LogP contribution in [0.5, 0.6) is 0 Å². The van der Waals surface area contributed by atoms with E-state index in [1.54, 1.807) is 11.0 Å². The van der Waals surface area contributed by atoms with Crippen molar-refractivity contribution in [2.45, 2.75) is 39.2 Å². The maximum atomic E-state index is 13.2. The van der Waals surface area contributed by atoms with E-state index >= 15 is 0 Å². The number of piperidine rings is 1. The van der Waals surface area contributed by atoms with Crippen LogP contribution in [0.2, 0.25) is 0 Å². The number of aromatic nitrogens is 4. The zero-order valence-corrected chi connectivity index (χ0v) is 16.4. The van der Waals surface area contributed by atoms with Crippen molar-refractivity contribution < 1.29 is 4.79 Å². The number of rotatable bonds is 8. The highest BCUT2D eigenvalue weighted by atomic mass is 16.2. The summed E-state index contributed by atoms with van der Waals surface area (Å²) in [4.78, 5) is 17.7. The molecule has 1 saturated heterocycles. The number of hydrogen-bond acceptors (Lipinski definition) is 5. The van der Waals surface area contributed by atoms with Crippen LogP contribution in [-0.4, -0.2) is 68.6 Å². The fraction of sp³-hybridized carbons (Fsp3) is 0.600. The van der Waals surface area contributed by atoms with Crippen molar-refractivity contribution in [2.75, 3.05) is 32.7 Å². The van der Waals surface area contributed by atoms with Crippen LogP contribution >= 0.6 is 0 Å². The fourth-order valence-corrected chi connectivity index (χ4v) is 3.84. The van der Waals surface area contributed by atoms with Crippen molar-refractivity contribution in [2.24, 2.45) is 5.92 Å². The number of benzene rings is 1. The topological polar surface area (TPSA) is 67.2 Å². The fourth-order valence-electron chi connectivity index (χ4n) is 3.84. The molecule has 0 unspecified atom stereocenters. The van der Waals surface area contributed by atoms with Crippen LogP contribution in [0.3, 0.4) is 0 Å². The number of tetrazole rings is 1. The minimum absolute atomic E-state index is 0.118. The van der Waals surface area contributed by atoms with Gasteiger partial charge in [-0.25, -0.2) is 4.68 Å². The lowest BCUT2D eigenvalue weighted by molar-refractivity contribution is -0.136. The van der Waals surface area contributed by atoms with Crippen LogP contribution in [0.25, 0.3) is 0 Å². The van der Waals surface area contributed by atoms with Gasteiger partial charge < -0.3 is 9.80 Å². The van der Waals surface area contributed by atoms with Gasteiger partial charge in [0.1, 0.15) is 12.4 Å². The maximum Gasteiger partial charge on any atom is 0.247 e. The van der Waals surface area contributed by atoms with Gasteiger partial charge in [0.25, 0.3) is 0 Å². The molecule has 1 fully saturated rings. The molecule has 2 aromatic rings. The van der Waals surface area contributed by atoms with Gasteiger partial charge in [-0.1, -0.05) is 44.2 Å². The molecule has 0 saturated carbocycles. The van der Waals surface area contributed by atoms with Crippen LogP contribution < -0.4 is 0 Å². The Bertz CT molecular complexity index is 678. The van der Waals surface area contributed by atoms with Crippen molar-refractivity contribution >= 4 is 5.91 Å². The Morgan fingerprint density at radius 1 is 1.19 bits per heavy atom. The Morgan fingerprint density at radius 2 is 1.89 bits per heavy atom. The normalized spacial score (nSPS) is 16.6. The molecule has 0 bridgehead atoms. The summed E-state index contributed by atoms with van der Waals surface area (Å²) in [6.07, 6.45) is 4.27. The zero-order valence-electron chi connectivity index (χ0n) is 16.4. The van der Waals surface area contributed by atoms with Gasteiger partial charge in [0.15, 0.2) is 0 Å². The number of likely N-dealkylation sites (tertiary alicyclic amines) is 1. The summed E-state index contributed by atoms with van der Waals surface area (Å²) in [5.74, 6) is 0.794. The van der Waals surface area contributed by atoms with Gasteiger partial charge in [0.05, 0.1) is 0 Å². The van der Waals surface area contributed by atoms with E-state index < -0.39 is 0 Å². The minimum atomic E-state index is -0.387. The molecule has 27 heavy (non-hydrogen) atoms. The largest absolute Gasteiger partial charge is 0.341 e. The molecule has 0 N–H and O–H groups in total. The monoisotopic (exact) mass is 370 g/mol. The van der Waals surface area contributed by atoms with Crippen molar-refractivity contribution in [3.05, 3.63) is 42.2 Å². The molecule has 146 valence electrons. The number of nitrogens with zero attached hydrogens (tertiary/aromatic N) is 6. The smallest absolute Gasteiger partial charge is 0.247 e. The Kier molecular flexibility index (Phi) is 6.92. The standard InChI is InChI=1S/C20H30N6O/c1-3-24(4-2)15-18-10-12-25(13-11-18)20(27)19(26-16-21-22-23-26)14-17-8-6-5-7-9-17/h5-9,16,18-19H,3-4,10-15H2,1-2H3/t19-/m0/s1. The third-order valence-electron chi connectivity index (χ3n) is 5.58. The summed E-state index contributed by atoms with van der Waals surface area (Å²) in [7, 11) is 0. The minimum Gasteiger partial charge on any atom is -0.341 e. The summed E-state index contributed by atoms with van der Waals surface area (Å²) in [5.41, 5.74) is 1.11. The van der Waals surface area contributed by atoms with Crippen LogP contribution in [0.1, 0.15) is 38.3 Å². The molecule has 1 atom stereocenters. The molecule has 0 aliphatic carbocycles. The predicted molar refractivity (Wildman–Crippen MR) is 104 cm³/mol. The first kappa shape index (κ1) is 19.5. The third-order valence-corrected chi connectivity index (χ3v) is 5.58. The third kappa shape index (κ3) is 5.13. The molecule has 3 rings (SSSR count). The molecule has 2 heterocycles. The highest BCUT2D eigenvalue weighted by molar-refractivity contribution is 5.80. The van der Waals surface area contributed by atoms with Gasteiger partial charge in [0.2, 0.25) is 5.91 Å². The Morgan fingerprint density at radius 3 is 2.48 bits per heavy atom. The van der Waals surface area contributed by atoms with E-state index in [2.05, 4.69) is 34.3 Å². The Hall–Kier alpha value is -2.28. The summed E-state index contributed by atoms with van der Waals surface area (Å²) < 4.78 is 1.59. The SMILES string of the molecule is CCN(CC)CC1CCN(C(=O)[C@H](Cc2ccccc2)n2cnnn2)CC1. The van der Waals surface area contributed by atoms with E-state index in [0.29, 0.717) is 12.3 Å². The summed E-state index contributed by atoms with van der Waals surface area (Å²) in [5, 5.41) is 11.5. The van der Waals surface area contributed by atoms with E-state index in [9.17, 15) is 4.79 Å². The van der Waals surface area contributed by atoms with Gasteiger partial charge in [-0.3, -0.25) is 4.79 Å². The average Bonchev–Trinajstić information content (AvgIpc) is 3.25. The molecule has 1 amide bonds. The van der Waals surface area contributed by atoms with Gasteiger partial charge in [0, 0.05) is 26.1 Å². The second kappa shape index (κ2) is 9.60. The van der Waals surface area contributed by atoms with Crippen LogP contribution in [-0.2, 0) is 11.2 Å². The van der Waals surface area contributed by atoms with Gasteiger partial charge in [-0.15, -0.1) is 5.10 Å². The molecule has 7 heteroatoms. The zero-order chi connectivity index (χ0) is 19.1. The van der Waals surface area contributed by atoms with Crippen molar-refractivity contribution in [3.8, 4) is 0 Å². The number of hydrogen-bond donors (Lipinski definition) is 0. The Labute approximate surface area is 161 Å². The first-order valence-corrected chi connectivity index (χ1v) is 9.98. The van der Waals surface area contributed by atoms with Gasteiger partial charge >= 0.3 is 0 Å². The number of amides is 1. The molecular formula is C20H30N6O. The quantitative estimate of drug-likeness (QED) is 0.711. The summed E-state index contributed by atoms with van der Waals surface area (Å²) in [6.45, 7) is 9.37. The molecule has 7 nitrogen and oxygen atoms in total. The van der Waals surface area contributed by atoms with E-state index in [4.69, 9.17) is 0 Å². The highest BCUT2D eigenvalue weighted by Gasteiger charge is 2.30. The molecular weight excluding hydrogens is 340 g/mol. The first-order valence-electron chi connectivity index (χ1n) is 9.98. The average molecular weight is 371 g/mol. The lowest BCUT2D eigenvalue weighted by atomic mass is 9.95. The van der Waals surface area contributed by atoms with Crippen molar-refractivity contribution in [3.63, 3.8) is 0 Å². The molecule has 1 aliphatic rings. The van der Waals surface area contributed by atoms with E-state index in [0.717, 1.165) is 51.1 Å². The summed E-state index contributed by atoms with van der Waals surface area (Å²) >= 11 is 0. The van der Waals surface area contributed by atoms with E-state index in [1.807, 2.05) is 35.2 Å². The molecule has 1 aromatic carbocycles. The molecule has 1 aromatic heterocycles. The second-order valence-corrected chi connectivity index (χ2v) is 7.25. The van der Waals surface area contributed by atoms with E-state index in [1.165, 1.54) is 0 Å². The molecule has 0 spiro atoms. The lowest BCUT2D eigenvalue weighted by Crippen LogP contribution is -2.45. The van der Waals surface area contributed by atoms with Gasteiger partial charge in [-0.2, -0.15) is 0 Å². The highest BCUT2D eigenvalue weighted by Crippen LogP contribution is 2.23. The Balaban J connectivity index is 1.63. The first-order chi connectivity index (χ1) is 13.2. The van der Waals surface area contributed by atoms with E-state index in [-0.39, 0.29) is 11.9 Å². The second-order valence-electron chi connectivity index (χ2n) is 7.25. The van der Waals surface area contributed by atoms with Gasteiger partial charge in [-0.05, 0) is 47.8 Å². The summed E-state index contributed by atoms with van der Waals surface area (Å²) in [6, 6.07) is 9.67. The van der Waals surface area contributed by atoms with Crippen molar-refractivity contribution in [1.82, 2.24) is 30.0 Å². The maximum absolute atomic E-state index is 13.2. The predicted octanol–water partition coefficient (Wildman–Crippen LogP) is 2.04. The van der Waals surface area contributed by atoms with Crippen LogP contribution in [0.4, 0.5) is 0 Å². The molecule has 1 aliphatic heterocycles.